The summed E-state index contributed by atoms with van der Waals surface area (Å²) in [6, 6.07) is 14.4. The molecule has 0 aromatic heterocycles. The van der Waals surface area contributed by atoms with Gasteiger partial charge in [-0.25, -0.2) is 0 Å². The number of anilines is 1. The Morgan fingerprint density at radius 3 is 2.42 bits per heavy atom. The number of hydrogen-bond acceptors (Lipinski definition) is 4. The number of hydrogen-bond donors (Lipinski definition) is 2. The minimum Gasteiger partial charge on any atom is -0.491 e. The van der Waals surface area contributed by atoms with Crippen molar-refractivity contribution in [3.8, 4) is 5.75 Å². The third kappa shape index (κ3) is 6.78. The lowest BCUT2D eigenvalue weighted by atomic mass is 9.94. The SMILES string of the molecule is CCC(C)Oc1ccc(C(=O)NC(=S)Nc2ccccc2C(=O)N(C)C2CCCCC2)cc1. The second-order valence-electron chi connectivity index (χ2n) is 8.52. The van der Waals surface area contributed by atoms with Crippen LogP contribution in [0.1, 0.15) is 73.1 Å². The zero-order valence-electron chi connectivity index (χ0n) is 19.6. The summed E-state index contributed by atoms with van der Waals surface area (Å²) in [5.41, 5.74) is 1.58. The van der Waals surface area contributed by atoms with E-state index >= 15 is 0 Å². The number of carbonyl (C=O) groups excluding carboxylic acids is 2. The number of carbonyl (C=O) groups is 2. The van der Waals surface area contributed by atoms with Crippen molar-refractivity contribution < 1.29 is 14.3 Å². The fourth-order valence-electron chi connectivity index (χ4n) is 3.93. The highest BCUT2D eigenvalue weighted by atomic mass is 32.1. The maximum absolute atomic E-state index is 13.2. The summed E-state index contributed by atoms with van der Waals surface area (Å²) in [6.45, 7) is 4.06. The Bertz CT molecular complexity index is 971. The van der Waals surface area contributed by atoms with Crippen LogP contribution in [0.5, 0.6) is 5.75 Å². The summed E-state index contributed by atoms with van der Waals surface area (Å²) in [5.74, 6) is 0.345. The van der Waals surface area contributed by atoms with Crippen LogP contribution in [0.2, 0.25) is 0 Å². The molecular formula is C26H33N3O3S. The summed E-state index contributed by atoms with van der Waals surface area (Å²) >= 11 is 5.36. The predicted molar refractivity (Wildman–Crippen MR) is 136 cm³/mol. The van der Waals surface area contributed by atoms with Crippen LogP contribution in [-0.2, 0) is 0 Å². The Labute approximate surface area is 201 Å². The first-order chi connectivity index (χ1) is 15.9. The highest BCUT2D eigenvalue weighted by Crippen LogP contribution is 2.25. The van der Waals surface area contributed by atoms with E-state index in [1.54, 1.807) is 36.4 Å². The van der Waals surface area contributed by atoms with Crippen molar-refractivity contribution in [2.24, 2.45) is 0 Å². The topological polar surface area (TPSA) is 70.7 Å². The van der Waals surface area contributed by atoms with Crippen molar-refractivity contribution >= 4 is 34.8 Å². The molecule has 0 bridgehead atoms. The van der Waals surface area contributed by atoms with Gasteiger partial charge in [0.1, 0.15) is 5.75 Å². The molecule has 0 spiro atoms. The zero-order chi connectivity index (χ0) is 23.8. The van der Waals surface area contributed by atoms with Crippen LogP contribution >= 0.6 is 12.2 Å². The number of ether oxygens (including phenoxy) is 1. The number of para-hydroxylation sites is 1. The van der Waals surface area contributed by atoms with E-state index in [9.17, 15) is 9.59 Å². The molecule has 2 amide bonds. The maximum Gasteiger partial charge on any atom is 0.257 e. The summed E-state index contributed by atoms with van der Waals surface area (Å²) in [7, 11) is 1.86. The number of nitrogens with zero attached hydrogens (tertiary/aromatic N) is 1. The summed E-state index contributed by atoms with van der Waals surface area (Å²) in [4.78, 5) is 27.6. The van der Waals surface area contributed by atoms with Crippen molar-refractivity contribution in [1.82, 2.24) is 10.2 Å². The molecule has 1 aliphatic rings. The minimum absolute atomic E-state index is 0.0453. The molecule has 1 unspecified atom stereocenters. The van der Waals surface area contributed by atoms with Crippen LogP contribution in [0.25, 0.3) is 0 Å². The largest absolute Gasteiger partial charge is 0.491 e. The van der Waals surface area contributed by atoms with Crippen LogP contribution < -0.4 is 15.4 Å². The molecule has 3 rings (SSSR count). The van der Waals surface area contributed by atoms with Gasteiger partial charge in [-0.05, 0) is 74.8 Å². The highest BCUT2D eigenvalue weighted by Gasteiger charge is 2.24. The Morgan fingerprint density at radius 2 is 1.76 bits per heavy atom. The average molecular weight is 468 g/mol. The van der Waals surface area contributed by atoms with Crippen molar-refractivity contribution in [3.63, 3.8) is 0 Å². The highest BCUT2D eigenvalue weighted by molar-refractivity contribution is 7.80. The second-order valence-corrected chi connectivity index (χ2v) is 8.93. The van der Waals surface area contributed by atoms with Crippen molar-refractivity contribution in [3.05, 3.63) is 59.7 Å². The normalized spacial score (nSPS) is 14.8. The molecule has 7 heteroatoms. The average Bonchev–Trinajstić information content (AvgIpc) is 2.84. The van der Waals surface area contributed by atoms with E-state index in [4.69, 9.17) is 17.0 Å². The van der Waals surface area contributed by atoms with Gasteiger partial charge in [0.15, 0.2) is 5.11 Å². The molecule has 2 aromatic carbocycles. The fourth-order valence-corrected chi connectivity index (χ4v) is 4.13. The lowest BCUT2D eigenvalue weighted by Gasteiger charge is -2.31. The van der Waals surface area contributed by atoms with Crippen LogP contribution in [0, 0.1) is 0 Å². The van der Waals surface area contributed by atoms with Gasteiger partial charge in [-0.1, -0.05) is 38.3 Å². The second kappa shape index (κ2) is 11.8. The third-order valence-corrected chi connectivity index (χ3v) is 6.31. The van der Waals surface area contributed by atoms with Gasteiger partial charge in [0, 0.05) is 18.7 Å². The number of nitrogens with one attached hydrogen (secondary N) is 2. The van der Waals surface area contributed by atoms with Crippen molar-refractivity contribution in [2.75, 3.05) is 12.4 Å². The molecule has 2 aromatic rings. The molecule has 6 nitrogen and oxygen atoms in total. The Hall–Kier alpha value is -2.93. The summed E-state index contributed by atoms with van der Waals surface area (Å²) in [5, 5.41) is 5.85. The molecule has 1 fully saturated rings. The molecule has 1 atom stereocenters. The van der Waals surface area contributed by atoms with E-state index in [0.29, 0.717) is 16.8 Å². The molecule has 0 aliphatic heterocycles. The van der Waals surface area contributed by atoms with Crippen LogP contribution in [0.4, 0.5) is 5.69 Å². The number of thiocarbonyl (C=S) groups is 1. The molecule has 1 saturated carbocycles. The Kier molecular flexibility index (Phi) is 8.83. The monoisotopic (exact) mass is 467 g/mol. The Balaban J connectivity index is 1.62. The zero-order valence-corrected chi connectivity index (χ0v) is 20.4. The van der Waals surface area contributed by atoms with Gasteiger partial charge >= 0.3 is 0 Å². The molecule has 0 radical (unpaired) electrons. The van der Waals surface area contributed by atoms with Gasteiger partial charge in [0.2, 0.25) is 0 Å². The minimum atomic E-state index is -0.328. The summed E-state index contributed by atoms with van der Waals surface area (Å²) < 4.78 is 5.75. The molecular weight excluding hydrogens is 434 g/mol. The van der Waals surface area contributed by atoms with Gasteiger partial charge in [-0.3, -0.25) is 14.9 Å². The van der Waals surface area contributed by atoms with Gasteiger partial charge in [-0.2, -0.15) is 0 Å². The standard InChI is InChI=1S/C26H33N3O3S/c1-4-18(2)32-21-16-14-19(15-17-21)24(30)28-26(33)27-23-13-9-8-12-22(23)25(31)29(3)20-10-6-5-7-11-20/h8-9,12-18,20H,4-7,10-11H2,1-3H3,(H2,27,28,30,33). The number of amides is 2. The smallest absolute Gasteiger partial charge is 0.257 e. The van der Waals surface area contributed by atoms with E-state index in [-0.39, 0.29) is 29.1 Å². The van der Waals surface area contributed by atoms with Gasteiger partial charge in [0.05, 0.1) is 17.4 Å². The predicted octanol–water partition coefficient (Wildman–Crippen LogP) is 5.40. The molecule has 2 N–H and O–H groups in total. The van der Waals surface area contributed by atoms with E-state index < -0.39 is 0 Å². The van der Waals surface area contributed by atoms with Gasteiger partial charge < -0.3 is 15.0 Å². The van der Waals surface area contributed by atoms with Crippen molar-refractivity contribution in [2.45, 2.75) is 64.5 Å². The van der Waals surface area contributed by atoms with Crippen LogP contribution in [-0.4, -0.2) is 41.0 Å². The van der Waals surface area contributed by atoms with Crippen LogP contribution in [0.3, 0.4) is 0 Å². The first-order valence-corrected chi connectivity index (χ1v) is 12.0. The maximum atomic E-state index is 13.2. The van der Waals surface area contributed by atoms with E-state index in [1.807, 2.05) is 31.0 Å². The van der Waals surface area contributed by atoms with E-state index in [0.717, 1.165) is 37.9 Å². The summed E-state index contributed by atoms with van der Waals surface area (Å²) in [6.07, 6.45) is 6.63. The van der Waals surface area contributed by atoms with Gasteiger partial charge in [-0.15, -0.1) is 0 Å². The lowest BCUT2D eigenvalue weighted by molar-refractivity contribution is 0.0697. The first-order valence-electron chi connectivity index (χ1n) is 11.6. The molecule has 33 heavy (non-hydrogen) atoms. The van der Waals surface area contributed by atoms with E-state index in [2.05, 4.69) is 17.6 Å². The number of rotatable bonds is 7. The fraction of sp³-hybridized carbons (Fsp3) is 0.423. The molecule has 1 aliphatic carbocycles. The molecule has 176 valence electrons. The third-order valence-electron chi connectivity index (χ3n) is 6.10. The van der Waals surface area contributed by atoms with Crippen molar-refractivity contribution in [1.29, 1.82) is 0 Å². The quantitative estimate of drug-likeness (QED) is 0.534. The Morgan fingerprint density at radius 1 is 1.09 bits per heavy atom. The van der Waals surface area contributed by atoms with E-state index in [1.165, 1.54) is 6.42 Å². The number of benzene rings is 2. The van der Waals surface area contributed by atoms with Gasteiger partial charge in [0.25, 0.3) is 11.8 Å². The lowest BCUT2D eigenvalue weighted by Crippen LogP contribution is -2.39. The first kappa shape index (κ1) is 24.7. The van der Waals surface area contributed by atoms with Crippen LogP contribution in [0.15, 0.2) is 48.5 Å². The molecule has 0 heterocycles. The molecule has 0 saturated heterocycles.